The van der Waals surface area contributed by atoms with Gasteiger partial charge < -0.3 is 30.6 Å². The molecule has 0 aromatic carbocycles. The van der Waals surface area contributed by atoms with Crippen molar-refractivity contribution in [2.24, 2.45) is 34.0 Å². The average molecular weight is 1240 g/mol. The van der Waals surface area contributed by atoms with Crippen molar-refractivity contribution in [2.45, 2.75) is 243 Å². The van der Waals surface area contributed by atoms with Gasteiger partial charge in [-0.3, -0.25) is 28.8 Å². The lowest BCUT2D eigenvalue weighted by atomic mass is 9.66. The molecule has 6 N–H and O–H groups in total. The van der Waals surface area contributed by atoms with Gasteiger partial charge in [-0.2, -0.15) is 0 Å². The molecule has 0 aromatic heterocycles. The standard InChI is InChI=1S/C27H40O4.C26H38O4.C25H36O4/c1-17(2)9-11-21-24(29)23(22(28)12-10-18(3)4)26(31)27(25(21)30,15-13-19(5)6)16-14-20(7)8;1-9-19(8)22(27)21-23(28)20(11-10-16(2)3)24(29)26(25(21)30,14-12-17(4)5)15-13-18(6)7;1-15(2)9-10-19-22(27)20(21(26)18(7)8)24(29)25(23(19)28,13-11-16(3)4)14-12-17(5)6/h9,13-14,18,29-30H,10-12,15-16H2,1-8H3;10,12-13,19,28-29H,9,11,14-15H2,1-8H3;9,11-12,18,27-28H,10,13-14H2,1-8H3. The maximum atomic E-state index is 13.8. The van der Waals surface area contributed by atoms with E-state index in [2.05, 4.69) is 0 Å². The van der Waals surface area contributed by atoms with E-state index in [1.165, 1.54) is 0 Å². The van der Waals surface area contributed by atoms with Crippen molar-refractivity contribution in [1.82, 2.24) is 0 Å². The lowest BCUT2D eigenvalue weighted by Crippen LogP contribution is -2.41. The Kier molecular flexibility index (Phi) is 32.5. The Morgan fingerprint density at radius 3 is 0.822 bits per heavy atom. The van der Waals surface area contributed by atoms with E-state index < -0.39 is 45.3 Å². The molecule has 0 spiro atoms. The molecule has 0 heterocycles. The van der Waals surface area contributed by atoms with Gasteiger partial charge in [0, 0.05) is 35.0 Å². The Hall–Kier alpha value is -7.08. The molecule has 0 bridgehead atoms. The van der Waals surface area contributed by atoms with Gasteiger partial charge in [0.25, 0.3) is 0 Å². The van der Waals surface area contributed by atoms with Gasteiger partial charge in [0.15, 0.2) is 34.7 Å². The van der Waals surface area contributed by atoms with Crippen LogP contribution in [0.5, 0.6) is 0 Å². The zero-order valence-corrected chi connectivity index (χ0v) is 59.5. The normalized spacial score (nSPS) is 16.3. The molecule has 0 aliphatic heterocycles. The number of rotatable bonds is 27. The van der Waals surface area contributed by atoms with Crippen LogP contribution in [0.4, 0.5) is 0 Å². The van der Waals surface area contributed by atoms with Crippen LogP contribution >= 0.6 is 0 Å². The summed E-state index contributed by atoms with van der Waals surface area (Å²) in [6.07, 6.45) is 20.9. The lowest BCUT2D eigenvalue weighted by Gasteiger charge is -2.36. The van der Waals surface area contributed by atoms with Gasteiger partial charge in [-0.15, -0.1) is 0 Å². The van der Waals surface area contributed by atoms with E-state index in [0.717, 1.165) is 50.2 Å². The largest absolute Gasteiger partial charge is 0.511 e. The lowest BCUT2D eigenvalue weighted by molar-refractivity contribution is -0.130. The molecule has 3 aliphatic carbocycles. The molecule has 0 fully saturated rings. The first-order valence-corrected chi connectivity index (χ1v) is 32.1. The van der Waals surface area contributed by atoms with Crippen LogP contribution in [0.2, 0.25) is 0 Å². The van der Waals surface area contributed by atoms with Crippen LogP contribution in [0.1, 0.15) is 243 Å². The Labute approximate surface area is 541 Å². The third-order valence-corrected chi connectivity index (χ3v) is 16.4. The second kappa shape index (κ2) is 36.1. The number of aliphatic hydroxyl groups is 6. The summed E-state index contributed by atoms with van der Waals surface area (Å²) in [4.78, 5) is 80.2. The summed E-state index contributed by atoms with van der Waals surface area (Å²) < 4.78 is 0. The highest BCUT2D eigenvalue weighted by molar-refractivity contribution is 6.26. The van der Waals surface area contributed by atoms with Crippen LogP contribution in [-0.2, 0) is 28.8 Å². The van der Waals surface area contributed by atoms with Crippen LogP contribution in [0.3, 0.4) is 0 Å². The molecule has 0 amide bonds. The molecule has 0 radical (unpaired) electrons. The summed E-state index contributed by atoms with van der Waals surface area (Å²) >= 11 is 0. The third kappa shape index (κ3) is 21.5. The smallest absolute Gasteiger partial charge is 0.184 e. The molecule has 12 nitrogen and oxygen atoms in total. The van der Waals surface area contributed by atoms with E-state index in [9.17, 15) is 59.4 Å². The monoisotopic (exact) mass is 1240 g/mol. The fourth-order valence-corrected chi connectivity index (χ4v) is 10.2. The molecule has 90 heavy (non-hydrogen) atoms. The molecule has 0 aromatic rings. The number of Topliss-reactive ketones (excluding diaryl/α,β-unsaturated/α-hetero) is 6. The summed E-state index contributed by atoms with van der Waals surface area (Å²) in [6, 6.07) is 0. The highest BCUT2D eigenvalue weighted by Crippen LogP contribution is 2.50. The van der Waals surface area contributed by atoms with Crippen molar-refractivity contribution in [3.8, 4) is 0 Å². The summed E-state index contributed by atoms with van der Waals surface area (Å²) in [6.45, 7) is 45.9. The van der Waals surface area contributed by atoms with Crippen LogP contribution in [-0.4, -0.2) is 65.3 Å². The molecule has 1 unspecified atom stereocenters. The summed E-state index contributed by atoms with van der Waals surface area (Å²) in [7, 11) is 0. The molecule has 1 atom stereocenters. The molecule has 0 saturated carbocycles. The first-order valence-electron chi connectivity index (χ1n) is 32.1. The average Bonchev–Trinajstić information content (AvgIpc) is 0.805. The number of carbonyl (C=O) groups excluding carboxylic acids is 6. The SMILES string of the molecule is CC(C)=CCC1=C(O)C(CC=C(C)C)(CC=C(C)C)C(=O)C(C(=O)C(C)C)=C1O.CC(C)=CCC1=C(O)C(CC=C(C)C)(CC=C(C)C)C(=O)C(C(=O)CCC(C)C)=C1O.CCC(C)C(=O)C1=C(O)C(CC=C(C)C)=C(O)C(CC=C(C)C)(CC=C(C)C)C1=O. The van der Waals surface area contributed by atoms with Crippen LogP contribution in [0.15, 0.2) is 173 Å². The molecule has 3 aliphatic rings. The van der Waals surface area contributed by atoms with Gasteiger partial charge in [0.05, 0.1) is 16.2 Å². The van der Waals surface area contributed by atoms with Gasteiger partial charge in [-0.25, -0.2) is 0 Å². The second-order valence-corrected chi connectivity index (χ2v) is 27.8. The Morgan fingerprint density at radius 1 is 0.367 bits per heavy atom. The minimum Gasteiger partial charge on any atom is -0.511 e. The number of aliphatic hydroxyl groups excluding tert-OH is 6. The maximum Gasteiger partial charge on any atom is 0.184 e. The predicted molar refractivity (Wildman–Crippen MR) is 370 cm³/mol. The third-order valence-electron chi connectivity index (χ3n) is 16.4. The van der Waals surface area contributed by atoms with Crippen molar-refractivity contribution in [3.05, 3.63) is 173 Å². The second-order valence-electron chi connectivity index (χ2n) is 27.8. The first-order chi connectivity index (χ1) is 41.6. The zero-order valence-electron chi connectivity index (χ0n) is 59.5. The first kappa shape index (κ1) is 80.9. The van der Waals surface area contributed by atoms with Crippen molar-refractivity contribution in [1.29, 1.82) is 0 Å². The molecule has 3 rings (SSSR count). The van der Waals surface area contributed by atoms with Gasteiger partial charge in [0.2, 0.25) is 0 Å². The Balaban J connectivity index is 0.000000675. The van der Waals surface area contributed by atoms with Gasteiger partial charge in [-0.05, 0) is 201 Å². The molecule has 498 valence electrons. The van der Waals surface area contributed by atoms with E-state index in [1.807, 2.05) is 200 Å². The topological polar surface area (TPSA) is 224 Å². The van der Waals surface area contributed by atoms with E-state index in [1.54, 1.807) is 20.8 Å². The molecular weight excluding hydrogens is 1130 g/mol. The minimum atomic E-state index is -1.29. The molecule has 0 saturated heterocycles. The summed E-state index contributed by atoms with van der Waals surface area (Å²) in [5.74, 6) is -4.58. The summed E-state index contributed by atoms with van der Waals surface area (Å²) in [5, 5.41) is 66.7. The summed E-state index contributed by atoms with van der Waals surface area (Å²) in [5.41, 5.74) is 5.64. The van der Waals surface area contributed by atoms with Crippen LogP contribution < -0.4 is 0 Å². The van der Waals surface area contributed by atoms with E-state index >= 15 is 0 Å². The van der Waals surface area contributed by atoms with Crippen molar-refractivity contribution in [3.63, 3.8) is 0 Å². The van der Waals surface area contributed by atoms with Crippen molar-refractivity contribution in [2.75, 3.05) is 0 Å². The van der Waals surface area contributed by atoms with Crippen molar-refractivity contribution >= 4 is 34.7 Å². The highest BCUT2D eigenvalue weighted by atomic mass is 16.3. The Morgan fingerprint density at radius 2 is 0.600 bits per heavy atom. The molecule has 12 heteroatoms. The fourth-order valence-electron chi connectivity index (χ4n) is 10.2. The van der Waals surface area contributed by atoms with Gasteiger partial charge in [0.1, 0.15) is 51.3 Å². The number of ketones is 6. The fraction of sp³-hybridized carbons (Fsp3) is 0.538. The van der Waals surface area contributed by atoms with Crippen molar-refractivity contribution < 1.29 is 59.4 Å². The van der Waals surface area contributed by atoms with Gasteiger partial charge >= 0.3 is 0 Å². The predicted octanol–water partition coefficient (Wildman–Crippen LogP) is 20.6. The number of carbonyl (C=O) groups is 6. The van der Waals surface area contributed by atoms with E-state index in [-0.39, 0.29) is 150 Å². The van der Waals surface area contributed by atoms with E-state index in [4.69, 9.17) is 0 Å². The Bertz CT molecular complexity index is 3110. The number of hydrogen-bond donors (Lipinski definition) is 6. The van der Waals surface area contributed by atoms with E-state index in [0.29, 0.717) is 18.8 Å². The van der Waals surface area contributed by atoms with Crippen LogP contribution in [0, 0.1) is 34.0 Å². The number of allylic oxidation sites excluding steroid dienone is 27. The zero-order chi connectivity index (χ0) is 69.7. The molecular formula is C78H114O12. The maximum absolute atomic E-state index is 13.8. The van der Waals surface area contributed by atoms with Gasteiger partial charge in [-0.1, -0.05) is 146 Å². The van der Waals surface area contributed by atoms with Crippen LogP contribution in [0.25, 0.3) is 0 Å². The minimum absolute atomic E-state index is 0.122. The highest BCUT2D eigenvalue weighted by Gasteiger charge is 2.53. The quantitative estimate of drug-likeness (QED) is 0.0334. The number of hydrogen-bond acceptors (Lipinski definition) is 12.